The molecule has 0 radical (unpaired) electrons. The van der Waals surface area contributed by atoms with E-state index in [1.165, 1.54) is 0 Å². The van der Waals surface area contributed by atoms with Gasteiger partial charge in [-0.1, -0.05) is 95.3 Å². The van der Waals surface area contributed by atoms with E-state index in [0.717, 1.165) is 22.5 Å². The Morgan fingerprint density at radius 1 is 0.838 bits per heavy atom. The van der Waals surface area contributed by atoms with E-state index < -0.39 is 24.1 Å². The Morgan fingerprint density at radius 2 is 1.35 bits per heavy atom. The molecule has 0 amide bonds. The number of aromatic hydroxyl groups is 1. The molecule has 37 heavy (non-hydrogen) atoms. The van der Waals surface area contributed by atoms with Gasteiger partial charge in [-0.3, -0.25) is 9.78 Å². The van der Waals surface area contributed by atoms with Crippen LogP contribution < -0.4 is 9.61 Å². The first-order valence-corrected chi connectivity index (χ1v) is 18.0. The second-order valence-corrected chi connectivity index (χ2v) is 19.4. The third-order valence-corrected chi connectivity index (χ3v) is 13.9. The minimum absolute atomic E-state index is 0.0190. The first-order chi connectivity index (χ1) is 17.2. The second kappa shape index (κ2) is 11.7. The van der Waals surface area contributed by atoms with Gasteiger partial charge in [0.1, 0.15) is 5.75 Å². The van der Waals surface area contributed by atoms with E-state index in [1.54, 1.807) is 0 Å². The molecule has 2 unspecified atom stereocenters. The van der Waals surface area contributed by atoms with Crippen LogP contribution in [0.2, 0.25) is 23.2 Å². The van der Waals surface area contributed by atoms with Crippen molar-refractivity contribution >= 4 is 29.4 Å². The van der Waals surface area contributed by atoms with E-state index in [2.05, 4.69) is 59.6 Å². The molecule has 0 fully saturated rings. The van der Waals surface area contributed by atoms with Crippen molar-refractivity contribution in [2.45, 2.75) is 83.5 Å². The van der Waals surface area contributed by atoms with Gasteiger partial charge in [0.25, 0.3) is 0 Å². The van der Waals surface area contributed by atoms with Gasteiger partial charge in [-0.25, -0.2) is 0 Å². The van der Waals surface area contributed by atoms with E-state index in [4.69, 9.17) is 13.6 Å². The van der Waals surface area contributed by atoms with Gasteiger partial charge in [0.05, 0.1) is 11.3 Å². The Kier molecular flexibility index (Phi) is 9.29. The first kappa shape index (κ1) is 29.4. The number of benzene rings is 2. The zero-order valence-electron chi connectivity index (χ0n) is 23.3. The third-order valence-electron chi connectivity index (χ3n) is 6.68. The molecule has 9 heteroatoms. The molecule has 0 spiro atoms. The van der Waals surface area contributed by atoms with E-state index in [0.29, 0.717) is 23.5 Å². The summed E-state index contributed by atoms with van der Waals surface area (Å²) in [6.45, 7) is 17.7. The molecule has 2 aromatic carbocycles. The van der Waals surface area contributed by atoms with Gasteiger partial charge < -0.3 is 18.7 Å². The van der Waals surface area contributed by atoms with Crippen molar-refractivity contribution in [1.82, 2.24) is 4.98 Å². The van der Waals surface area contributed by atoms with Gasteiger partial charge in [-0.2, -0.15) is 0 Å². The Labute approximate surface area is 228 Å². The van der Waals surface area contributed by atoms with Crippen LogP contribution in [0.3, 0.4) is 0 Å². The summed E-state index contributed by atoms with van der Waals surface area (Å²) in [5, 5.41) is 9.99. The maximum Gasteiger partial charge on any atom is 0.311 e. The lowest BCUT2D eigenvalue weighted by Crippen LogP contribution is -2.53. The van der Waals surface area contributed by atoms with Crippen LogP contribution in [0.1, 0.15) is 57.5 Å². The van der Waals surface area contributed by atoms with Crippen molar-refractivity contribution in [3.05, 3.63) is 80.3 Å². The molecule has 202 valence electrons. The molecule has 0 saturated carbocycles. The summed E-state index contributed by atoms with van der Waals surface area (Å²) in [6.07, 6.45) is 0.919. The molecule has 1 heterocycles. The van der Waals surface area contributed by atoms with Crippen molar-refractivity contribution in [2.24, 2.45) is 0 Å². The Balaban J connectivity index is 1.96. The summed E-state index contributed by atoms with van der Waals surface area (Å²) in [5.74, 6) is -0.584. The quantitative estimate of drug-likeness (QED) is 0.224. The predicted octanol–water partition coefficient (Wildman–Crippen LogP) is 6.35. The highest BCUT2D eigenvalue weighted by Gasteiger charge is 2.43. The van der Waals surface area contributed by atoms with Gasteiger partial charge in [0.15, 0.2) is 18.1 Å². The number of hydrogen-bond donors (Lipinski definition) is 2. The minimum atomic E-state index is -1.76. The number of H-pyrrole nitrogens is 1. The van der Waals surface area contributed by atoms with Crippen molar-refractivity contribution in [1.29, 1.82) is 0 Å². The van der Waals surface area contributed by atoms with Gasteiger partial charge in [-0.15, -0.1) is 0 Å². The average molecular weight is 560 g/mol. The number of hydrogen-bond acceptors (Lipinski definition) is 6. The first-order valence-electron chi connectivity index (χ1n) is 12.8. The summed E-state index contributed by atoms with van der Waals surface area (Å²) < 4.78 is 20.4. The zero-order chi connectivity index (χ0) is 27.4. The minimum Gasteiger partial charge on any atom is -0.494 e. The van der Waals surface area contributed by atoms with Crippen LogP contribution in [0.5, 0.6) is 11.6 Å². The molecule has 6 nitrogen and oxygen atoms in total. The average Bonchev–Trinajstić information content (AvgIpc) is 3.10. The number of aromatic nitrogens is 1. The highest BCUT2D eigenvalue weighted by Crippen LogP contribution is 2.37. The monoisotopic (exact) mass is 559 g/mol. The van der Waals surface area contributed by atoms with Crippen LogP contribution in [-0.4, -0.2) is 34.1 Å². The van der Waals surface area contributed by atoms with Gasteiger partial charge in [0.2, 0.25) is 5.88 Å². The normalized spacial score (nSPS) is 15.7. The lowest BCUT2D eigenvalue weighted by Gasteiger charge is -2.43. The van der Waals surface area contributed by atoms with Crippen molar-refractivity contribution < 1.29 is 18.7 Å². The summed E-state index contributed by atoms with van der Waals surface area (Å²) in [4.78, 5) is 14.3. The number of nitrogens with one attached hydrogen (secondary N) is 1. The highest BCUT2D eigenvalue weighted by molar-refractivity contribution is 7.09. The molecule has 1 aromatic heterocycles. The lowest BCUT2D eigenvalue weighted by atomic mass is 10.1. The SMILES string of the molecule is C[SiH](OC(Cc1ccc(Cc2sc(=O)[nH]c2O)cc1)(Oc1ccccc1)O[SiH](C)C(C)(C)C)C(C)(C)C. The Morgan fingerprint density at radius 3 is 1.81 bits per heavy atom. The van der Waals surface area contributed by atoms with E-state index in [-0.39, 0.29) is 20.8 Å². The van der Waals surface area contributed by atoms with Crippen LogP contribution >= 0.6 is 11.3 Å². The third kappa shape index (κ3) is 8.41. The van der Waals surface area contributed by atoms with Gasteiger partial charge in [-0.05, 0) is 46.4 Å². The maximum atomic E-state index is 11.5. The molecule has 2 N–H and O–H groups in total. The van der Waals surface area contributed by atoms with Crippen molar-refractivity contribution in [3.8, 4) is 11.6 Å². The molecule has 0 saturated heterocycles. The molecule has 2 atom stereocenters. The van der Waals surface area contributed by atoms with Crippen molar-refractivity contribution in [3.63, 3.8) is 0 Å². The molecule has 0 aliphatic heterocycles. The lowest BCUT2D eigenvalue weighted by molar-refractivity contribution is -0.260. The number of ether oxygens (including phenoxy) is 1. The molecule has 0 bridgehead atoms. The fraction of sp³-hybridized carbons (Fsp3) is 0.464. The van der Waals surface area contributed by atoms with Crippen LogP contribution in [0.4, 0.5) is 0 Å². The predicted molar refractivity (Wildman–Crippen MR) is 157 cm³/mol. The fourth-order valence-corrected chi connectivity index (χ4v) is 6.47. The summed E-state index contributed by atoms with van der Waals surface area (Å²) in [5.41, 5.74) is 2.02. The van der Waals surface area contributed by atoms with Crippen LogP contribution in [0.25, 0.3) is 0 Å². The molecule has 0 aliphatic carbocycles. The molecule has 3 rings (SSSR count). The maximum absolute atomic E-state index is 11.5. The van der Waals surface area contributed by atoms with Crippen LogP contribution in [0, 0.1) is 0 Å². The number of para-hydroxylation sites is 1. The summed E-state index contributed by atoms with van der Waals surface area (Å²) in [7, 11) is -3.52. The Bertz CT molecular complexity index is 1170. The van der Waals surface area contributed by atoms with Gasteiger partial charge in [0, 0.05) is 6.42 Å². The second-order valence-electron chi connectivity index (χ2n) is 11.8. The van der Waals surface area contributed by atoms with E-state index in [1.807, 2.05) is 54.6 Å². The van der Waals surface area contributed by atoms with Gasteiger partial charge >= 0.3 is 10.8 Å². The van der Waals surface area contributed by atoms with E-state index >= 15 is 0 Å². The van der Waals surface area contributed by atoms with Crippen molar-refractivity contribution in [2.75, 3.05) is 0 Å². The summed E-state index contributed by atoms with van der Waals surface area (Å²) >= 11 is 1.03. The topological polar surface area (TPSA) is 80.8 Å². The molecule has 3 aromatic rings. The number of thiazole rings is 1. The smallest absolute Gasteiger partial charge is 0.311 e. The van der Waals surface area contributed by atoms with Crippen LogP contribution in [-0.2, 0) is 21.7 Å². The summed E-state index contributed by atoms with van der Waals surface area (Å²) in [6, 6.07) is 17.9. The Hall–Kier alpha value is -2.18. The number of aromatic amines is 1. The number of rotatable bonds is 10. The van der Waals surface area contributed by atoms with Crippen LogP contribution in [0.15, 0.2) is 59.4 Å². The van der Waals surface area contributed by atoms with E-state index in [9.17, 15) is 9.90 Å². The largest absolute Gasteiger partial charge is 0.494 e. The molecular weight excluding hydrogens is 519 g/mol. The molecule has 0 aliphatic rings. The molecular formula is C28H41NO5SSi2. The zero-order valence-corrected chi connectivity index (χ0v) is 26.4. The standard InChI is InChI=1S/C28H41NO5SSi2/c1-26(2,3)36(7)33-28(34-37(8)27(4,5)6,32-22-12-10-9-11-13-22)19-21-16-14-20(15-17-21)18-23-24(30)29-25(31)35-23/h9-17,30,36-37H,18-19H2,1-8H3,(H,29,31). The fourth-order valence-electron chi connectivity index (χ4n) is 3.44. The highest BCUT2D eigenvalue weighted by atomic mass is 32.1.